The maximum atomic E-state index is 11.9. The van der Waals surface area contributed by atoms with Gasteiger partial charge in [-0.15, -0.1) is 0 Å². The second-order valence-corrected chi connectivity index (χ2v) is 4.53. The smallest absolute Gasteiger partial charge is 0.258 e. The van der Waals surface area contributed by atoms with E-state index in [1.165, 1.54) is 13.1 Å². The highest BCUT2D eigenvalue weighted by Crippen LogP contribution is 2.24. The lowest BCUT2D eigenvalue weighted by Crippen LogP contribution is -2.39. The van der Waals surface area contributed by atoms with E-state index in [1.807, 2.05) is 32.1 Å². The molecule has 2 N–H and O–H groups in total. The molecule has 0 saturated carbocycles. The normalized spacial score (nSPS) is 15.5. The number of allylic oxidation sites excluding steroid dienone is 4. The highest BCUT2D eigenvalue weighted by atomic mass is 16.5. The third-order valence-electron chi connectivity index (χ3n) is 2.94. The van der Waals surface area contributed by atoms with E-state index in [1.54, 1.807) is 6.92 Å². The molecular weight excluding hydrogens is 244 g/mol. The first-order valence-electron chi connectivity index (χ1n) is 6.20. The number of nitrogens with one attached hydrogen (secondary N) is 1. The van der Waals surface area contributed by atoms with Crippen molar-refractivity contribution in [3.63, 3.8) is 0 Å². The largest absolute Gasteiger partial charge is 0.380 e. The summed E-state index contributed by atoms with van der Waals surface area (Å²) >= 11 is 0. The predicted octanol–water partition coefficient (Wildman–Crippen LogP) is 2.75. The Labute approximate surface area is 113 Å². The first-order valence-corrected chi connectivity index (χ1v) is 6.20. The topological polar surface area (TPSA) is 75.4 Å². The van der Waals surface area contributed by atoms with Gasteiger partial charge in [-0.3, -0.25) is 10.1 Å². The molecule has 5 nitrogen and oxygen atoms in total. The summed E-state index contributed by atoms with van der Waals surface area (Å²) in [6.07, 6.45) is 7.52. The molecule has 0 saturated heterocycles. The van der Waals surface area contributed by atoms with E-state index >= 15 is 0 Å². The maximum Gasteiger partial charge on any atom is 0.258 e. The number of nitrogens with zero attached hydrogens (tertiary/aromatic N) is 1. The van der Waals surface area contributed by atoms with Crippen molar-refractivity contribution in [2.75, 3.05) is 5.32 Å². The van der Waals surface area contributed by atoms with E-state index in [0.717, 1.165) is 5.57 Å². The van der Waals surface area contributed by atoms with Crippen molar-refractivity contribution in [2.45, 2.75) is 39.7 Å². The van der Waals surface area contributed by atoms with Gasteiger partial charge in [0, 0.05) is 0 Å². The molecule has 19 heavy (non-hydrogen) atoms. The van der Waals surface area contributed by atoms with Gasteiger partial charge in [0.15, 0.2) is 0 Å². The van der Waals surface area contributed by atoms with Crippen molar-refractivity contribution in [1.82, 2.24) is 5.16 Å². The summed E-state index contributed by atoms with van der Waals surface area (Å²) < 4.78 is 5.02. The Morgan fingerprint density at radius 3 is 2.89 bits per heavy atom. The summed E-state index contributed by atoms with van der Waals surface area (Å²) in [6.45, 7) is 7.00. The van der Waals surface area contributed by atoms with Gasteiger partial charge in [-0.25, -0.2) is 0 Å². The SMILES string of the molecule is C/C=C\C=C(/C)c1cnoc1NC(=O)C(C)(O)CC. The predicted molar refractivity (Wildman–Crippen MR) is 74.5 cm³/mol. The molecule has 1 unspecified atom stereocenters. The molecule has 5 heteroatoms. The van der Waals surface area contributed by atoms with Crippen molar-refractivity contribution in [1.29, 1.82) is 0 Å². The van der Waals surface area contributed by atoms with Crippen molar-refractivity contribution >= 4 is 17.4 Å². The van der Waals surface area contributed by atoms with Crippen molar-refractivity contribution < 1.29 is 14.4 Å². The first kappa shape index (κ1) is 15.2. The Hall–Kier alpha value is -1.88. The van der Waals surface area contributed by atoms with Crippen LogP contribution in [-0.2, 0) is 4.79 Å². The minimum atomic E-state index is -1.43. The van der Waals surface area contributed by atoms with E-state index in [9.17, 15) is 9.90 Å². The van der Waals surface area contributed by atoms with E-state index in [2.05, 4.69) is 10.5 Å². The number of hydrogen-bond donors (Lipinski definition) is 2. The van der Waals surface area contributed by atoms with Gasteiger partial charge in [-0.1, -0.05) is 30.3 Å². The van der Waals surface area contributed by atoms with Gasteiger partial charge in [0.05, 0.1) is 11.8 Å². The Bertz CT molecular complexity index is 499. The van der Waals surface area contributed by atoms with Gasteiger partial charge in [0.25, 0.3) is 5.91 Å². The summed E-state index contributed by atoms with van der Waals surface area (Å²) in [4.78, 5) is 11.9. The Morgan fingerprint density at radius 2 is 2.32 bits per heavy atom. The van der Waals surface area contributed by atoms with E-state index in [4.69, 9.17) is 4.52 Å². The van der Waals surface area contributed by atoms with E-state index < -0.39 is 11.5 Å². The zero-order chi connectivity index (χ0) is 14.5. The van der Waals surface area contributed by atoms with Crippen LogP contribution in [0.1, 0.15) is 39.7 Å². The second-order valence-electron chi connectivity index (χ2n) is 4.53. The molecule has 1 aromatic heterocycles. The van der Waals surface area contributed by atoms with Crippen LogP contribution in [0.5, 0.6) is 0 Å². The summed E-state index contributed by atoms with van der Waals surface area (Å²) in [5.41, 5.74) is 0.175. The number of aliphatic hydroxyl groups is 1. The summed E-state index contributed by atoms with van der Waals surface area (Å²) in [6, 6.07) is 0. The van der Waals surface area contributed by atoms with Crippen molar-refractivity contribution in [3.05, 3.63) is 30.0 Å². The van der Waals surface area contributed by atoms with Crippen molar-refractivity contribution in [2.24, 2.45) is 0 Å². The third kappa shape index (κ3) is 3.79. The molecule has 0 aliphatic heterocycles. The van der Waals surface area contributed by atoms with Gasteiger partial charge in [0.1, 0.15) is 5.60 Å². The van der Waals surface area contributed by atoms with Crippen molar-refractivity contribution in [3.8, 4) is 0 Å². The Morgan fingerprint density at radius 1 is 1.63 bits per heavy atom. The lowest BCUT2D eigenvalue weighted by Gasteiger charge is -2.19. The quantitative estimate of drug-likeness (QED) is 0.802. The lowest BCUT2D eigenvalue weighted by atomic mass is 10.0. The molecule has 104 valence electrons. The fraction of sp³-hybridized carbons (Fsp3) is 0.429. The molecule has 1 heterocycles. The number of carbonyl (C=O) groups excluding carboxylic acids is 1. The molecule has 1 aromatic rings. The molecule has 1 atom stereocenters. The number of hydrogen-bond acceptors (Lipinski definition) is 4. The molecule has 1 amide bonds. The highest BCUT2D eigenvalue weighted by molar-refractivity contribution is 5.97. The van der Waals surface area contributed by atoms with E-state index in [-0.39, 0.29) is 5.88 Å². The molecule has 0 spiro atoms. The molecular formula is C14H20N2O3. The number of carbonyl (C=O) groups is 1. The third-order valence-corrected chi connectivity index (χ3v) is 2.94. The highest BCUT2D eigenvalue weighted by Gasteiger charge is 2.29. The zero-order valence-electron chi connectivity index (χ0n) is 11.7. The zero-order valence-corrected chi connectivity index (χ0v) is 11.7. The van der Waals surface area contributed by atoms with Gasteiger partial charge < -0.3 is 9.63 Å². The Kier molecular flexibility index (Phi) is 5.06. The first-order chi connectivity index (χ1) is 8.92. The molecule has 0 fully saturated rings. The molecule has 0 aliphatic carbocycles. The molecule has 0 aromatic carbocycles. The average Bonchev–Trinajstić information content (AvgIpc) is 2.84. The van der Waals surface area contributed by atoms with Crippen LogP contribution in [0.25, 0.3) is 5.57 Å². The van der Waals surface area contributed by atoms with Crippen LogP contribution in [0.15, 0.2) is 28.9 Å². The van der Waals surface area contributed by atoms with Gasteiger partial charge in [-0.2, -0.15) is 0 Å². The van der Waals surface area contributed by atoms with Crippen LogP contribution in [0, 0.1) is 0 Å². The van der Waals surface area contributed by atoms with Gasteiger partial charge in [0.2, 0.25) is 5.88 Å². The average molecular weight is 264 g/mol. The number of amides is 1. The molecule has 0 aliphatic rings. The minimum absolute atomic E-state index is 0.247. The fourth-order valence-electron chi connectivity index (χ4n) is 1.34. The van der Waals surface area contributed by atoms with Gasteiger partial charge >= 0.3 is 0 Å². The second kappa shape index (κ2) is 6.33. The molecule has 0 bridgehead atoms. The van der Waals surface area contributed by atoms with Crippen LogP contribution < -0.4 is 5.32 Å². The maximum absolute atomic E-state index is 11.9. The van der Waals surface area contributed by atoms with Crippen LogP contribution in [-0.4, -0.2) is 21.8 Å². The molecule has 1 rings (SSSR count). The van der Waals surface area contributed by atoms with Gasteiger partial charge in [-0.05, 0) is 32.8 Å². The van der Waals surface area contributed by atoms with Crippen LogP contribution >= 0.6 is 0 Å². The summed E-state index contributed by atoms with van der Waals surface area (Å²) in [7, 11) is 0. The molecule has 0 radical (unpaired) electrons. The van der Waals surface area contributed by atoms with E-state index in [0.29, 0.717) is 12.0 Å². The standard InChI is InChI=1S/C14H20N2O3/c1-5-7-8-10(3)11-9-15-19-12(11)16-13(17)14(4,18)6-2/h5,7-9,18H,6H2,1-4H3,(H,16,17)/b7-5-,10-8+. The number of aromatic nitrogens is 1. The summed E-state index contributed by atoms with van der Waals surface area (Å²) in [5.74, 6) is -0.260. The summed E-state index contributed by atoms with van der Waals surface area (Å²) in [5, 5.41) is 16.1. The Balaban J connectivity index is 2.93. The van der Waals surface area contributed by atoms with Crippen LogP contribution in [0.2, 0.25) is 0 Å². The fourth-order valence-corrected chi connectivity index (χ4v) is 1.34. The number of rotatable bonds is 5. The van der Waals surface area contributed by atoms with Crippen LogP contribution in [0.3, 0.4) is 0 Å². The number of anilines is 1. The monoisotopic (exact) mass is 264 g/mol. The minimum Gasteiger partial charge on any atom is -0.380 e. The lowest BCUT2D eigenvalue weighted by molar-refractivity contribution is -0.132. The van der Waals surface area contributed by atoms with Crippen LogP contribution in [0.4, 0.5) is 5.88 Å².